The van der Waals surface area contributed by atoms with Gasteiger partial charge in [-0.2, -0.15) is 0 Å². The van der Waals surface area contributed by atoms with E-state index in [-0.39, 0.29) is 11.9 Å². The molecule has 0 aromatic heterocycles. The molecule has 184 valence electrons. The van der Waals surface area contributed by atoms with Gasteiger partial charge in [-0.25, -0.2) is 4.79 Å². The van der Waals surface area contributed by atoms with Crippen LogP contribution in [0.1, 0.15) is 54.7 Å². The van der Waals surface area contributed by atoms with Gasteiger partial charge < -0.3 is 14.5 Å². The standard InChI is InChI=1S/C27H38N4O3/c1-5-15-29-16-18-31(19-17-29)25(23-9-8-10-24(20-23)28-27(33)34-4)21-11-13-22(14-12-21)26(32)30(6-2)7-3/h8-14,20,25H,5-7,15-19H2,1-4H3,(H,28,33)/t25-/m1/s1. The SMILES string of the molecule is CCCN1CCN([C@H](c2ccc(C(=O)N(CC)CC)cc2)c2cccc(NC(=O)OC)c2)CC1. The molecular weight excluding hydrogens is 428 g/mol. The molecule has 1 fully saturated rings. The maximum atomic E-state index is 12.8. The van der Waals surface area contributed by atoms with Crippen molar-refractivity contribution in [3.63, 3.8) is 0 Å². The van der Waals surface area contributed by atoms with Gasteiger partial charge in [0, 0.05) is 50.5 Å². The van der Waals surface area contributed by atoms with E-state index in [1.54, 1.807) is 0 Å². The number of anilines is 1. The van der Waals surface area contributed by atoms with E-state index in [0.29, 0.717) is 24.3 Å². The molecule has 1 N–H and O–H groups in total. The largest absolute Gasteiger partial charge is 0.453 e. The van der Waals surface area contributed by atoms with Crippen molar-refractivity contribution in [3.05, 3.63) is 65.2 Å². The predicted octanol–water partition coefficient (Wildman–Crippen LogP) is 4.46. The second-order valence-electron chi connectivity index (χ2n) is 8.62. The summed E-state index contributed by atoms with van der Waals surface area (Å²) in [5.74, 6) is 0.0607. The summed E-state index contributed by atoms with van der Waals surface area (Å²) in [5.41, 5.74) is 3.64. The van der Waals surface area contributed by atoms with Gasteiger partial charge in [0.2, 0.25) is 0 Å². The highest BCUT2D eigenvalue weighted by Gasteiger charge is 2.27. The first-order valence-electron chi connectivity index (χ1n) is 12.3. The molecule has 0 spiro atoms. The van der Waals surface area contributed by atoms with Crippen molar-refractivity contribution in [2.45, 2.75) is 33.2 Å². The van der Waals surface area contributed by atoms with Gasteiger partial charge in [0.15, 0.2) is 0 Å². The fourth-order valence-corrected chi connectivity index (χ4v) is 4.63. The number of hydrogen-bond donors (Lipinski definition) is 1. The first-order valence-corrected chi connectivity index (χ1v) is 12.3. The molecule has 2 aromatic rings. The van der Waals surface area contributed by atoms with Gasteiger partial charge in [-0.3, -0.25) is 15.0 Å². The Balaban J connectivity index is 1.91. The first kappa shape index (κ1) is 25.7. The maximum absolute atomic E-state index is 12.8. The summed E-state index contributed by atoms with van der Waals surface area (Å²) >= 11 is 0. The van der Waals surface area contributed by atoms with Crippen LogP contribution >= 0.6 is 0 Å². The van der Waals surface area contributed by atoms with E-state index >= 15 is 0 Å². The van der Waals surface area contributed by atoms with Gasteiger partial charge in [-0.05, 0) is 62.2 Å². The van der Waals surface area contributed by atoms with Crippen LogP contribution in [-0.4, -0.2) is 79.6 Å². The van der Waals surface area contributed by atoms with Crippen LogP contribution in [0.2, 0.25) is 0 Å². The number of carbonyl (C=O) groups excluding carboxylic acids is 2. The van der Waals surface area contributed by atoms with E-state index < -0.39 is 6.09 Å². The van der Waals surface area contributed by atoms with E-state index in [1.165, 1.54) is 7.11 Å². The van der Waals surface area contributed by atoms with Crippen molar-refractivity contribution in [3.8, 4) is 0 Å². The quantitative estimate of drug-likeness (QED) is 0.591. The Morgan fingerprint density at radius 2 is 1.65 bits per heavy atom. The van der Waals surface area contributed by atoms with Crippen LogP contribution in [0.4, 0.5) is 10.5 Å². The molecule has 1 atom stereocenters. The Morgan fingerprint density at radius 3 is 2.24 bits per heavy atom. The average Bonchev–Trinajstić information content (AvgIpc) is 2.86. The number of hydrogen-bond acceptors (Lipinski definition) is 5. The van der Waals surface area contributed by atoms with E-state index in [0.717, 1.165) is 50.3 Å². The zero-order valence-corrected chi connectivity index (χ0v) is 20.9. The van der Waals surface area contributed by atoms with E-state index in [4.69, 9.17) is 4.74 Å². The number of piperazine rings is 1. The number of rotatable bonds is 9. The summed E-state index contributed by atoms with van der Waals surface area (Å²) in [7, 11) is 1.36. The molecule has 7 nitrogen and oxygen atoms in total. The molecule has 2 aromatic carbocycles. The second-order valence-corrected chi connectivity index (χ2v) is 8.62. The van der Waals surface area contributed by atoms with Crippen molar-refractivity contribution < 1.29 is 14.3 Å². The van der Waals surface area contributed by atoms with Gasteiger partial charge in [0.1, 0.15) is 0 Å². The predicted molar refractivity (Wildman–Crippen MR) is 136 cm³/mol. The minimum Gasteiger partial charge on any atom is -0.453 e. The van der Waals surface area contributed by atoms with Crippen LogP contribution in [-0.2, 0) is 4.74 Å². The zero-order chi connectivity index (χ0) is 24.5. The van der Waals surface area contributed by atoms with E-state index in [2.05, 4.69) is 40.2 Å². The second kappa shape index (κ2) is 12.5. The van der Waals surface area contributed by atoms with Gasteiger partial charge in [0.25, 0.3) is 5.91 Å². The maximum Gasteiger partial charge on any atom is 0.411 e. The third-order valence-electron chi connectivity index (χ3n) is 6.47. The number of carbonyl (C=O) groups is 2. The van der Waals surface area contributed by atoms with Crippen molar-refractivity contribution >= 4 is 17.7 Å². The van der Waals surface area contributed by atoms with Crippen molar-refractivity contribution in [1.82, 2.24) is 14.7 Å². The van der Waals surface area contributed by atoms with Crippen LogP contribution in [0.15, 0.2) is 48.5 Å². The lowest BCUT2D eigenvalue weighted by molar-refractivity contribution is 0.0773. The Kier molecular flexibility index (Phi) is 9.48. The zero-order valence-electron chi connectivity index (χ0n) is 20.9. The minimum absolute atomic E-state index is 0.0285. The molecule has 0 unspecified atom stereocenters. The Morgan fingerprint density at radius 1 is 0.971 bits per heavy atom. The first-order chi connectivity index (χ1) is 16.5. The lowest BCUT2D eigenvalue weighted by Crippen LogP contribution is -2.47. The van der Waals surface area contributed by atoms with Crippen LogP contribution in [0, 0.1) is 0 Å². The summed E-state index contributed by atoms with van der Waals surface area (Å²) in [6, 6.07) is 16.0. The molecule has 0 aliphatic carbocycles. The molecule has 0 saturated carbocycles. The number of nitrogens with zero attached hydrogens (tertiary/aromatic N) is 3. The van der Waals surface area contributed by atoms with E-state index in [9.17, 15) is 9.59 Å². The molecule has 1 saturated heterocycles. The summed E-state index contributed by atoms with van der Waals surface area (Å²) < 4.78 is 4.76. The smallest absolute Gasteiger partial charge is 0.411 e. The molecule has 3 rings (SSSR count). The third kappa shape index (κ3) is 6.36. The van der Waals surface area contributed by atoms with Gasteiger partial charge >= 0.3 is 6.09 Å². The lowest BCUT2D eigenvalue weighted by Gasteiger charge is -2.40. The highest BCUT2D eigenvalue weighted by atomic mass is 16.5. The number of nitrogens with one attached hydrogen (secondary N) is 1. The van der Waals surface area contributed by atoms with E-state index in [1.807, 2.05) is 49.1 Å². The summed E-state index contributed by atoms with van der Waals surface area (Å²) in [6.45, 7) is 12.7. The molecule has 0 bridgehead atoms. The fraction of sp³-hybridized carbons (Fsp3) is 0.481. The van der Waals surface area contributed by atoms with Crippen LogP contribution in [0.25, 0.3) is 0 Å². The molecule has 2 amide bonds. The number of benzene rings is 2. The van der Waals surface area contributed by atoms with Crippen LogP contribution in [0.3, 0.4) is 0 Å². The monoisotopic (exact) mass is 466 g/mol. The number of methoxy groups -OCH3 is 1. The fourth-order valence-electron chi connectivity index (χ4n) is 4.63. The van der Waals surface area contributed by atoms with Crippen molar-refractivity contribution in [2.24, 2.45) is 0 Å². The molecule has 34 heavy (non-hydrogen) atoms. The van der Waals surface area contributed by atoms with Crippen LogP contribution in [0.5, 0.6) is 0 Å². The lowest BCUT2D eigenvalue weighted by atomic mass is 9.95. The highest BCUT2D eigenvalue weighted by molar-refractivity contribution is 5.94. The molecule has 1 aliphatic rings. The normalized spacial score (nSPS) is 15.5. The summed E-state index contributed by atoms with van der Waals surface area (Å²) in [5, 5.41) is 2.78. The van der Waals surface area contributed by atoms with Crippen molar-refractivity contribution in [2.75, 3.05) is 58.2 Å². The Labute approximate surface area is 203 Å². The molecule has 0 radical (unpaired) electrons. The highest BCUT2D eigenvalue weighted by Crippen LogP contribution is 2.31. The van der Waals surface area contributed by atoms with Gasteiger partial charge in [0.05, 0.1) is 13.2 Å². The summed E-state index contributed by atoms with van der Waals surface area (Å²) in [6.07, 6.45) is 0.674. The molecule has 1 aliphatic heterocycles. The minimum atomic E-state index is -0.485. The van der Waals surface area contributed by atoms with Gasteiger partial charge in [-0.15, -0.1) is 0 Å². The molecule has 1 heterocycles. The number of amides is 2. The Hall–Kier alpha value is -2.90. The Bertz CT molecular complexity index is 935. The molecular formula is C27H38N4O3. The van der Waals surface area contributed by atoms with Crippen molar-refractivity contribution in [1.29, 1.82) is 0 Å². The average molecular weight is 467 g/mol. The van der Waals surface area contributed by atoms with Crippen LogP contribution < -0.4 is 5.32 Å². The third-order valence-corrected chi connectivity index (χ3v) is 6.47. The molecule has 7 heteroatoms. The topological polar surface area (TPSA) is 65.1 Å². The summed E-state index contributed by atoms with van der Waals surface area (Å²) in [4.78, 5) is 31.4. The van der Waals surface area contributed by atoms with Gasteiger partial charge in [-0.1, -0.05) is 31.2 Å². The number of ether oxygens (including phenoxy) is 1.